The number of nitrogens with zero attached hydrogens (tertiary/aromatic N) is 2. The van der Waals surface area contributed by atoms with Crippen molar-refractivity contribution in [2.24, 2.45) is 4.99 Å². The Labute approximate surface area is 181 Å². The van der Waals surface area contributed by atoms with Crippen LogP contribution in [0.2, 0.25) is 0 Å². The third-order valence-electron chi connectivity index (χ3n) is 4.61. The minimum atomic E-state index is -3.61. The molecular formula is C23H24N2O3S2. The number of sulfone groups is 1. The SMILES string of the molecule is C#CCn1c(=NC(=O)CS(=O)(=O)Cc2ccccc2)sc2cc(CCCC)ccc21. The third kappa shape index (κ3) is 5.68. The first-order valence-electron chi connectivity index (χ1n) is 9.79. The lowest BCUT2D eigenvalue weighted by Gasteiger charge is -2.03. The maximum atomic E-state index is 12.5. The molecule has 0 aliphatic heterocycles. The lowest BCUT2D eigenvalue weighted by Crippen LogP contribution is -2.21. The second kappa shape index (κ2) is 9.88. The molecule has 0 spiro atoms. The second-order valence-corrected chi connectivity index (χ2v) is 10.2. The first-order valence-corrected chi connectivity index (χ1v) is 12.4. The number of rotatable bonds is 8. The number of hydrogen-bond donors (Lipinski definition) is 0. The highest BCUT2D eigenvalue weighted by Gasteiger charge is 2.18. The van der Waals surface area contributed by atoms with Crippen molar-refractivity contribution in [1.82, 2.24) is 4.57 Å². The lowest BCUT2D eigenvalue weighted by molar-refractivity contribution is -0.115. The number of carbonyl (C=O) groups is 1. The summed E-state index contributed by atoms with van der Waals surface area (Å²) in [7, 11) is -3.61. The van der Waals surface area contributed by atoms with Crippen molar-refractivity contribution in [3.8, 4) is 12.3 Å². The predicted octanol–water partition coefficient (Wildman–Crippen LogP) is 3.72. The molecule has 0 aliphatic rings. The van der Waals surface area contributed by atoms with Gasteiger partial charge in [-0.15, -0.1) is 6.42 Å². The fraction of sp³-hybridized carbons (Fsp3) is 0.304. The Morgan fingerprint density at radius 2 is 1.93 bits per heavy atom. The van der Waals surface area contributed by atoms with Gasteiger partial charge in [0.05, 0.1) is 22.5 Å². The molecule has 30 heavy (non-hydrogen) atoms. The minimum absolute atomic E-state index is 0.188. The Bertz CT molecular complexity index is 1250. The Hall–Kier alpha value is -2.69. The number of carbonyl (C=O) groups excluding carboxylic acids is 1. The van der Waals surface area contributed by atoms with Crippen LogP contribution in [-0.2, 0) is 33.4 Å². The number of unbranched alkanes of at least 4 members (excludes halogenated alkanes) is 1. The fourth-order valence-corrected chi connectivity index (χ4v) is 5.54. The Morgan fingerprint density at radius 1 is 1.17 bits per heavy atom. The van der Waals surface area contributed by atoms with Gasteiger partial charge in [0.2, 0.25) is 0 Å². The summed E-state index contributed by atoms with van der Waals surface area (Å²) in [6, 6.07) is 15.0. The van der Waals surface area contributed by atoms with Gasteiger partial charge in [-0.05, 0) is 36.1 Å². The molecule has 0 radical (unpaired) electrons. The van der Waals surface area contributed by atoms with Crippen LogP contribution in [0, 0.1) is 12.3 Å². The van der Waals surface area contributed by atoms with Crippen molar-refractivity contribution in [2.75, 3.05) is 5.75 Å². The van der Waals surface area contributed by atoms with E-state index in [0.29, 0.717) is 10.4 Å². The van der Waals surface area contributed by atoms with E-state index in [9.17, 15) is 13.2 Å². The van der Waals surface area contributed by atoms with E-state index >= 15 is 0 Å². The molecule has 0 saturated heterocycles. The average Bonchev–Trinajstić information content (AvgIpc) is 3.02. The van der Waals surface area contributed by atoms with E-state index in [1.165, 1.54) is 16.9 Å². The van der Waals surface area contributed by atoms with Crippen molar-refractivity contribution in [3.63, 3.8) is 0 Å². The quantitative estimate of drug-likeness (QED) is 0.501. The summed E-state index contributed by atoms with van der Waals surface area (Å²) in [5, 5.41) is 0. The third-order valence-corrected chi connectivity index (χ3v) is 7.11. The summed E-state index contributed by atoms with van der Waals surface area (Å²) in [6.07, 6.45) is 8.72. The van der Waals surface area contributed by atoms with Gasteiger partial charge in [-0.2, -0.15) is 4.99 Å². The Balaban J connectivity index is 1.89. The van der Waals surface area contributed by atoms with Crippen LogP contribution in [0.25, 0.3) is 10.2 Å². The van der Waals surface area contributed by atoms with Gasteiger partial charge in [-0.1, -0.05) is 67.0 Å². The monoisotopic (exact) mass is 440 g/mol. The molecule has 0 atom stereocenters. The maximum absolute atomic E-state index is 12.5. The van der Waals surface area contributed by atoms with Gasteiger partial charge in [-0.25, -0.2) is 8.42 Å². The number of amides is 1. The molecule has 0 bridgehead atoms. The van der Waals surface area contributed by atoms with Crippen LogP contribution in [0.3, 0.4) is 0 Å². The highest BCUT2D eigenvalue weighted by molar-refractivity contribution is 7.91. The second-order valence-electron chi connectivity index (χ2n) is 7.10. The molecule has 156 valence electrons. The zero-order valence-corrected chi connectivity index (χ0v) is 18.5. The number of hydrogen-bond acceptors (Lipinski definition) is 4. The number of terminal acetylenes is 1. The van der Waals surface area contributed by atoms with E-state index in [4.69, 9.17) is 6.42 Å². The van der Waals surface area contributed by atoms with Gasteiger partial charge < -0.3 is 4.57 Å². The highest BCUT2D eigenvalue weighted by atomic mass is 32.2. The van der Waals surface area contributed by atoms with E-state index in [-0.39, 0.29) is 12.3 Å². The molecule has 3 rings (SSSR count). The first-order chi connectivity index (χ1) is 14.4. The van der Waals surface area contributed by atoms with E-state index in [1.807, 2.05) is 12.1 Å². The average molecular weight is 441 g/mol. The van der Waals surface area contributed by atoms with Crippen molar-refractivity contribution >= 4 is 37.3 Å². The molecule has 3 aromatic rings. The summed E-state index contributed by atoms with van der Waals surface area (Å²) >= 11 is 1.35. The predicted molar refractivity (Wildman–Crippen MR) is 122 cm³/mol. The highest BCUT2D eigenvalue weighted by Crippen LogP contribution is 2.20. The summed E-state index contributed by atoms with van der Waals surface area (Å²) in [5.74, 6) is 1.08. The van der Waals surface area contributed by atoms with Gasteiger partial charge in [0.1, 0.15) is 5.75 Å². The standard InChI is InChI=1S/C23H24N2O3S2/c1-3-5-9-18-12-13-20-21(15-18)29-23(25(20)14-4-2)24-22(26)17-30(27,28)16-19-10-7-6-8-11-19/h2,6-8,10-13,15H,3,5,9,14,16-17H2,1H3. The van der Waals surface area contributed by atoms with Gasteiger partial charge in [0, 0.05) is 0 Å². The molecule has 7 heteroatoms. The Morgan fingerprint density at radius 3 is 2.63 bits per heavy atom. The molecule has 1 aromatic heterocycles. The van der Waals surface area contributed by atoms with Crippen LogP contribution in [0.1, 0.15) is 30.9 Å². The summed E-state index contributed by atoms with van der Waals surface area (Å²) < 4.78 is 27.6. The van der Waals surface area contributed by atoms with Crippen molar-refractivity contribution < 1.29 is 13.2 Å². The molecule has 0 saturated carbocycles. The summed E-state index contributed by atoms with van der Waals surface area (Å²) in [6.45, 7) is 2.41. The number of aryl methyl sites for hydroxylation is 1. The zero-order chi connectivity index (χ0) is 21.6. The Kier molecular flexibility index (Phi) is 7.24. The number of fused-ring (bicyclic) bond motifs is 1. The largest absolute Gasteiger partial charge is 0.305 e. The number of benzene rings is 2. The molecule has 0 fully saturated rings. The zero-order valence-electron chi connectivity index (χ0n) is 16.9. The summed E-state index contributed by atoms with van der Waals surface area (Å²) in [4.78, 5) is 17.0. The molecule has 1 amide bonds. The molecule has 2 aromatic carbocycles. The van der Waals surface area contributed by atoms with Crippen LogP contribution in [0.4, 0.5) is 0 Å². The number of aromatic nitrogens is 1. The van der Waals surface area contributed by atoms with Crippen LogP contribution in [0.5, 0.6) is 0 Å². The van der Waals surface area contributed by atoms with Crippen molar-refractivity contribution in [2.45, 2.75) is 38.5 Å². The summed E-state index contributed by atoms with van der Waals surface area (Å²) in [5.41, 5.74) is 2.77. The molecule has 1 heterocycles. The fourth-order valence-electron chi connectivity index (χ4n) is 3.19. The van der Waals surface area contributed by atoms with E-state index in [1.54, 1.807) is 28.8 Å². The van der Waals surface area contributed by atoms with E-state index < -0.39 is 21.5 Å². The van der Waals surface area contributed by atoms with Gasteiger partial charge in [-0.3, -0.25) is 4.79 Å². The van der Waals surface area contributed by atoms with Crippen LogP contribution in [-0.4, -0.2) is 24.6 Å². The van der Waals surface area contributed by atoms with Gasteiger partial charge in [0.25, 0.3) is 5.91 Å². The van der Waals surface area contributed by atoms with Crippen molar-refractivity contribution in [3.05, 3.63) is 64.5 Å². The normalized spacial score (nSPS) is 12.2. The molecular weight excluding hydrogens is 416 g/mol. The van der Waals surface area contributed by atoms with Gasteiger partial charge >= 0.3 is 0 Å². The molecule has 5 nitrogen and oxygen atoms in total. The van der Waals surface area contributed by atoms with Crippen LogP contribution in [0.15, 0.2) is 53.5 Å². The molecule has 0 N–H and O–H groups in total. The lowest BCUT2D eigenvalue weighted by atomic mass is 10.1. The molecule has 0 aliphatic carbocycles. The van der Waals surface area contributed by atoms with Crippen LogP contribution < -0.4 is 4.80 Å². The topological polar surface area (TPSA) is 68.5 Å². The van der Waals surface area contributed by atoms with Gasteiger partial charge in [0.15, 0.2) is 14.6 Å². The first kappa shape index (κ1) is 22.0. The smallest absolute Gasteiger partial charge is 0.263 e. The van der Waals surface area contributed by atoms with E-state index in [2.05, 4.69) is 30.0 Å². The van der Waals surface area contributed by atoms with Crippen molar-refractivity contribution in [1.29, 1.82) is 0 Å². The van der Waals surface area contributed by atoms with Crippen LogP contribution >= 0.6 is 11.3 Å². The number of thiazole rings is 1. The minimum Gasteiger partial charge on any atom is -0.305 e. The maximum Gasteiger partial charge on any atom is 0.263 e. The van der Waals surface area contributed by atoms with E-state index in [0.717, 1.165) is 29.5 Å². The molecule has 0 unspecified atom stereocenters.